The van der Waals surface area contributed by atoms with E-state index < -0.39 is 17.7 Å². The Kier molecular flexibility index (Phi) is 5.57. The van der Waals surface area contributed by atoms with Gasteiger partial charge in [-0.15, -0.1) is 0 Å². The summed E-state index contributed by atoms with van der Waals surface area (Å²) in [4.78, 5) is 26.6. The molecule has 0 saturated carbocycles. The van der Waals surface area contributed by atoms with Gasteiger partial charge in [-0.25, -0.2) is 9.59 Å². The van der Waals surface area contributed by atoms with Crippen molar-refractivity contribution in [2.45, 2.75) is 33.5 Å². The average Bonchev–Trinajstić information content (AvgIpc) is 2.71. The monoisotopic (exact) mass is 427 g/mol. The van der Waals surface area contributed by atoms with Gasteiger partial charge in [0, 0.05) is 30.9 Å². The lowest BCUT2D eigenvalue weighted by molar-refractivity contribution is -0.222. The zero-order chi connectivity index (χ0) is 22.9. The molecule has 0 aliphatic carbocycles. The van der Waals surface area contributed by atoms with E-state index in [-0.39, 0.29) is 5.57 Å². The summed E-state index contributed by atoms with van der Waals surface area (Å²) in [6.07, 6.45) is 1.49. The first kappa shape index (κ1) is 21.4. The Morgan fingerprint density at radius 1 is 0.719 bits per heavy atom. The summed E-state index contributed by atoms with van der Waals surface area (Å²) in [5.74, 6) is -2.62. The normalized spacial score (nSPS) is 15.1. The van der Waals surface area contributed by atoms with Crippen molar-refractivity contribution in [3.05, 3.63) is 95.1 Å². The molecule has 1 fully saturated rings. The van der Waals surface area contributed by atoms with Crippen LogP contribution in [0, 0.1) is 13.8 Å². The van der Waals surface area contributed by atoms with Crippen molar-refractivity contribution < 1.29 is 19.1 Å². The summed E-state index contributed by atoms with van der Waals surface area (Å²) >= 11 is 0. The van der Waals surface area contributed by atoms with E-state index in [1.54, 1.807) is 0 Å². The molecular weight excluding hydrogens is 402 g/mol. The number of aryl methyl sites for hydroxylation is 2. The number of hydrogen-bond acceptors (Lipinski definition) is 5. The first-order valence-corrected chi connectivity index (χ1v) is 10.4. The number of carbonyl (C=O) groups is 2. The topological polar surface area (TPSA) is 55.8 Å². The van der Waals surface area contributed by atoms with Gasteiger partial charge in [-0.05, 0) is 73.0 Å². The van der Waals surface area contributed by atoms with E-state index in [1.165, 1.54) is 31.1 Å². The maximum atomic E-state index is 12.2. The van der Waals surface area contributed by atoms with Crippen LogP contribution in [0.3, 0.4) is 0 Å². The fraction of sp³-hybridized carbons (Fsp3) is 0.185. The number of ether oxygens (including phenoxy) is 2. The molecule has 3 aromatic carbocycles. The molecule has 0 bridgehead atoms. The van der Waals surface area contributed by atoms with Crippen LogP contribution in [0.4, 0.5) is 17.1 Å². The van der Waals surface area contributed by atoms with Crippen LogP contribution >= 0.6 is 0 Å². The molecule has 0 radical (unpaired) electrons. The highest BCUT2D eigenvalue weighted by molar-refractivity contribution is 6.18. The summed E-state index contributed by atoms with van der Waals surface area (Å²) in [5.41, 5.74) is 5.96. The molecule has 0 spiro atoms. The summed E-state index contributed by atoms with van der Waals surface area (Å²) in [7, 11) is 0. The highest BCUT2D eigenvalue weighted by atomic mass is 16.7. The number of carbonyl (C=O) groups excluding carboxylic acids is 2. The van der Waals surface area contributed by atoms with E-state index in [9.17, 15) is 9.59 Å². The molecule has 4 rings (SSSR count). The minimum absolute atomic E-state index is 0.119. The van der Waals surface area contributed by atoms with Gasteiger partial charge in [-0.3, -0.25) is 0 Å². The van der Waals surface area contributed by atoms with Gasteiger partial charge in [0.25, 0.3) is 5.79 Å². The summed E-state index contributed by atoms with van der Waals surface area (Å²) in [5, 5.41) is 0. The fourth-order valence-electron chi connectivity index (χ4n) is 3.65. The van der Waals surface area contributed by atoms with Crippen molar-refractivity contribution in [3.8, 4) is 0 Å². The van der Waals surface area contributed by atoms with Crippen LogP contribution in [-0.2, 0) is 19.1 Å². The lowest BCUT2D eigenvalue weighted by atomic mass is 10.1. The SMILES string of the molecule is Cc1cccc(N(c2ccc(C=C3C(=O)OC(C)(C)OC3=O)cc2)c2cccc(C)c2)c1. The van der Waals surface area contributed by atoms with Crippen LogP contribution in [-0.4, -0.2) is 17.7 Å². The minimum Gasteiger partial charge on any atom is -0.419 e. The lowest BCUT2D eigenvalue weighted by Crippen LogP contribution is -2.41. The molecule has 1 saturated heterocycles. The molecule has 5 heteroatoms. The van der Waals surface area contributed by atoms with E-state index in [0.29, 0.717) is 5.56 Å². The zero-order valence-corrected chi connectivity index (χ0v) is 18.6. The Morgan fingerprint density at radius 3 is 1.69 bits per heavy atom. The van der Waals surface area contributed by atoms with Crippen molar-refractivity contribution in [2.24, 2.45) is 0 Å². The highest BCUT2D eigenvalue weighted by Gasteiger charge is 2.38. The summed E-state index contributed by atoms with van der Waals surface area (Å²) < 4.78 is 10.3. The van der Waals surface area contributed by atoms with E-state index >= 15 is 0 Å². The Morgan fingerprint density at radius 2 is 1.22 bits per heavy atom. The molecule has 1 heterocycles. The molecule has 0 amide bonds. The summed E-state index contributed by atoms with van der Waals surface area (Å²) in [6, 6.07) is 24.3. The third-order valence-corrected chi connectivity index (χ3v) is 5.10. The first-order valence-electron chi connectivity index (χ1n) is 10.4. The van der Waals surface area contributed by atoms with Crippen LogP contribution in [0.5, 0.6) is 0 Å². The van der Waals surface area contributed by atoms with Gasteiger partial charge in [0.1, 0.15) is 5.57 Å². The van der Waals surface area contributed by atoms with Crippen molar-refractivity contribution in [2.75, 3.05) is 4.90 Å². The number of nitrogens with zero attached hydrogens (tertiary/aromatic N) is 1. The second-order valence-electron chi connectivity index (χ2n) is 8.34. The standard InChI is InChI=1S/C27H25NO4/c1-18-7-5-9-22(15-18)28(23-10-6-8-19(2)16-23)21-13-11-20(12-14-21)17-24-25(29)31-27(3,4)32-26(24)30/h5-17H,1-4H3. The Labute approximate surface area is 187 Å². The van der Waals surface area contributed by atoms with E-state index in [1.807, 2.05) is 36.4 Å². The molecule has 0 aromatic heterocycles. The maximum absolute atomic E-state index is 12.2. The lowest BCUT2D eigenvalue weighted by Gasteiger charge is -2.29. The Hall–Kier alpha value is -3.86. The van der Waals surface area contributed by atoms with E-state index in [2.05, 4.69) is 55.1 Å². The molecule has 1 aliphatic rings. The van der Waals surface area contributed by atoms with Crippen molar-refractivity contribution in [1.82, 2.24) is 0 Å². The van der Waals surface area contributed by atoms with E-state index in [0.717, 1.165) is 17.1 Å². The van der Waals surface area contributed by atoms with Gasteiger partial charge in [-0.2, -0.15) is 0 Å². The van der Waals surface area contributed by atoms with Crippen molar-refractivity contribution in [3.63, 3.8) is 0 Å². The fourth-order valence-corrected chi connectivity index (χ4v) is 3.65. The van der Waals surface area contributed by atoms with Gasteiger partial charge >= 0.3 is 11.9 Å². The van der Waals surface area contributed by atoms with Gasteiger partial charge in [-0.1, -0.05) is 36.4 Å². The van der Waals surface area contributed by atoms with Gasteiger partial charge in [0.15, 0.2) is 0 Å². The van der Waals surface area contributed by atoms with E-state index in [4.69, 9.17) is 9.47 Å². The number of anilines is 3. The van der Waals surface area contributed by atoms with Crippen LogP contribution < -0.4 is 4.90 Å². The van der Waals surface area contributed by atoms with Gasteiger partial charge in [0.05, 0.1) is 0 Å². The number of hydrogen-bond donors (Lipinski definition) is 0. The largest absolute Gasteiger partial charge is 0.419 e. The number of esters is 2. The third-order valence-electron chi connectivity index (χ3n) is 5.10. The Balaban J connectivity index is 1.70. The zero-order valence-electron chi connectivity index (χ0n) is 18.6. The van der Waals surface area contributed by atoms with Gasteiger partial charge in [0.2, 0.25) is 0 Å². The quantitative estimate of drug-likeness (QED) is 0.291. The molecule has 0 N–H and O–H groups in total. The molecule has 3 aromatic rings. The Bertz CT molecular complexity index is 1140. The molecule has 0 unspecified atom stereocenters. The van der Waals surface area contributed by atoms with Crippen LogP contribution in [0.25, 0.3) is 6.08 Å². The minimum atomic E-state index is -1.25. The van der Waals surface area contributed by atoms with Crippen LogP contribution in [0.1, 0.15) is 30.5 Å². The molecule has 32 heavy (non-hydrogen) atoms. The maximum Gasteiger partial charge on any atom is 0.348 e. The van der Waals surface area contributed by atoms with Crippen LogP contribution in [0.2, 0.25) is 0 Å². The predicted molar refractivity (Wildman–Crippen MR) is 125 cm³/mol. The van der Waals surface area contributed by atoms with Crippen molar-refractivity contribution >= 4 is 35.1 Å². The second kappa shape index (κ2) is 8.35. The number of cyclic esters (lactones) is 2. The summed E-state index contributed by atoms with van der Waals surface area (Å²) in [6.45, 7) is 7.19. The first-order chi connectivity index (χ1) is 15.2. The molecule has 5 nitrogen and oxygen atoms in total. The number of rotatable bonds is 4. The molecule has 1 aliphatic heterocycles. The van der Waals surface area contributed by atoms with Crippen molar-refractivity contribution in [1.29, 1.82) is 0 Å². The van der Waals surface area contributed by atoms with Gasteiger partial charge < -0.3 is 14.4 Å². The average molecular weight is 428 g/mol. The third kappa shape index (κ3) is 4.57. The predicted octanol–water partition coefficient (Wildman–Crippen LogP) is 5.99. The molecule has 0 atom stereocenters. The molecule has 162 valence electrons. The van der Waals surface area contributed by atoms with Crippen LogP contribution in [0.15, 0.2) is 78.4 Å². The second-order valence-corrected chi connectivity index (χ2v) is 8.34. The smallest absolute Gasteiger partial charge is 0.348 e. The number of benzene rings is 3. The highest BCUT2D eigenvalue weighted by Crippen LogP contribution is 2.35. The molecular formula is C27H25NO4.